The summed E-state index contributed by atoms with van der Waals surface area (Å²) < 4.78 is 0. The van der Waals surface area contributed by atoms with E-state index in [1.54, 1.807) is 0 Å². The predicted octanol–water partition coefficient (Wildman–Crippen LogP) is 1.83. The van der Waals surface area contributed by atoms with Gasteiger partial charge in [0.2, 0.25) is 11.0 Å². The fourth-order valence-corrected chi connectivity index (χ4v) is 1.36. The van der Waals surface area contributed by atoms with Crippen LogP contribution in [0, 0.1) is 12.8 Å². The summed E-state index contributed by atoms with van der Waals surface area (Å²) in [4.78, 5) is 11.4. The second kappa shape index (κ2) is 4.32. The van der Waals surface area contributed by atoms with Crippen molar-refractivity contribution in [2.24, 2.45) is 5.92 Å². The Morgan fingerprint density at radius 1 is 1.62 bits per heavy atom. The second-order valence-electron chi connectivity index (χ2n) is 2.92. The fourth-order valence-electron chi connectivity index (χ4n) is 0.761. The number of amides is 1. The summed E-state index contributed by atoms with van der Waals surface area (Å²) in [6.07, 6.45) is 0.837. The minimum atomic E-state index is 0.0126. The molecular weight excluding hydrogens is 186 g/mol. The molecule has 1 rings (SSSR count). The van der Waals surface area contributed by atoms with Crippen LogP contribution in [0.1, 0.15) is 25.3 Å². The SMILES string of the molecule is CCC(C)C(=O)Nc1nnc(C)s1. The van der Waals surface area contributed by atoms with Crippen LogP contribution in [0.4, 0.5) is 5.13 Å². The molecule has 0 aliphatic carbocycles. The van der Waals surface area contributed by atoms with Crippen LogP contribution in [-0.4, -0.2) is 16.1 Å². The Bertz CT molecular complexity index is 297. The number of anilines is 1. The van der Waals surface area contributed by atoms with Gasteiger partial charge in [0, 0.05) is 5.92 Å². The number of hydrogen-bond donors (Lipinski definition) is 1. The van der Waals surface area contributed by atoms with E-state index in [0.29, 0.717) is 5.13 Å². The largest absolute Gasteiger partial charge is 0.300 e. The maximum atomic E-state index is 11.4. The molecule has 1 atom stereocenters. The summed E-state index contributed by atoms with van der Waals surface area (Å²) in [7, 11) is 0. The standard InChI is InChI=1S/C8H13N3OS/c1-4-5(2)7(12)9-8-11-10-6(3)13-8/h5H,4H2,1-3H3,(H,9,11,12). The molecule has 1 unspecified atom stereocenters. The third-order valence-electron chi connectivity index (χ3n) is 1.82. The number of carbonyl (C=O) groups excluding carboxylic acids is 1. The lowest BCUT2D eigenvalue weighted by Crippen LogP contribution is -2.19. The number of nitrogens with one attached hydrogen (secondary N) is 1. The first-order valence-electron chi connectivity index (χ1n) is 4.24. The molecule has 13 heavy (non-hydrogen) atoms. The van der Waals surface area contributed by atoms with Gasteiger partial charge in [-0.3, -0.25) is 4.79 Å². The predicted molar refractivity (Wildman–Crippen MR) is 52.7 cm³/mol. The summed E-state index contributed by atoms with van der Waals surface area (Å²) >= 11 is 1.39. The van der Waals surface area contributed by atoms with Crippen molar-refractivity contribution in [3.63, 3.8) is 0 Å². The average Bonchev–Trinajstić information content (AvgIpc) is 2.49. The van der Waals surface area contributed by atoms with Crippen molar-refractivity contribution in [2.75, 3.05) is 5.32 Å². The maximum absolute atomic E-state index is 11.4. The van der Waals surface area contributed by atoms with Gasteiger partial charge in [-0.05, 0) is 13.3 Å². The van der Waals surface area contributed by atoms with Crippen LogP contribution in [0.15, 0.2) is 0 Å². The van der Waals surface area contributed by atoms with Crippen LogP contribution in [0.3, 0.4) is 0 Å². The molecule has 1 heterocycles. The van der Waals surface area contributed by atoms with Crippen LogP contribution >= 0.6 is 11.3 Å². The van der Waals surface area contributed by atoms with Gasteiger partial charge in [-0.1, -0.05) is 25.2 Å². The van der Waals surface area contributed by atoms with E-state index in [-0.39, 0.29) is 11.8 Å². The normalized spacial score (nSPS) is 12.5. The molecule has 0 fully saturated rings. The monoisotopic (exact) mass is 199 g/mol. The lowest BCUT2D eigenvalue weighted by molar-refractivity contribution is -0.119. The minimum absolute atomic E-state index is 0.0126. The minimum Gasteiger partial charge on any atom is -0.300 e. The Kier molecular flexibility index (Phi) is 3.36. The lowest BCUT2D eigenvalue weighted by atomic mass is 10.1. The molecule has 1 aromatic rings. The van der Waals surface area contributed by atoms with Crippen molar-refractivity contribution < 1.29 is 4.79 Å². The van der Waals surface area contributed by atoms with E-state index in [9.17, 15) is 4.79 Å². The first-order chi connectivity index (χ1) is 6.13. The van der Waals surface area contributed by atoms with Gasteiger partial charge < -0.3 is 5.32 Å². The highest BCUT2D eigenvalue weighted by molar-refractivity contribution is 7.15. The highest BCUT2D eigenvalue weighted by Crippen LogP contribution is 2.15. The molecule has 0 saturated heterocycles. The van der Waals surface area contributed by atoms with Gasteiger partial charge >= 0.3 is 0 Å². The summed E-state index contributed by atoms with van der Waals surface area (Å²) in [5, 5.41) is 11.8. The molecule has 0 aliphatic rings. The molecule has 0 radical (unpaired) electrons. The Morgan fingerprint density at radius 2 is 2.31 bits per heavy atom. The topological polar surface area (TPSA) is 54.9 Å². The third kappa shape index (κ3) is 2.77. The van der Waals surface area contributed by atoms with Crippen LogP contribution in [0.25, 0.3) is 0 Å². The molecule has 4 nitrogen and oxygen atoms in total. The number of aromatic nitrogens is 2. The van der Waals surface area contributed by atoms with Crippen molar-refractivity contribution in [2.45, 2.75) is 27.2 Å². The van der Waals surface area contributed by atoms with E-state index >= 15 is 0 Å². The van der Waals surface area contributed by atoms with E-state index in [1.165, 1.54) is 11.3 Å². The van der Waals surface area contributed by atoms with Gasteiger partial charge in [-0.15, -0.1) is 10.2 Å². The average molecular weight is 199 g/mol. The Morgan fingerprint density at radius 3 is 2.77 bits per heavy atom. The summed E-state index contributed by atoms with van der Waals surface area (Å²) in [5.74, 6) is 0.0443. The van der Waals surface area contributed by atoms with Crippen molar-refractivity contribution >= 4 is 22.4 Å². The first kappa shape index (κ1) is 10.1. The van der Waals surface area contributed by atoms with Crippen LogP contribution in [0.5, 0.6) is 0 Å². The van der Waals surface area contributed by atoms with Crippen molar-refractivity contribution in [3.05, 3.63) is 5.01 Å². The maximum Gasteiger partial charge on any atom is 0.229 e. The molecule has 0 aromatic carbocycles. The zero-order valence-electron chi connectivity index (χ0n) is 8.00. The molecule has 1 N–H and O–H groups in total. The van der Waals surface area contributed by atoms with E-state index < -0.39 is 0 Å². The number of rotatable bonds is 3. The quantitative estimate of drug-likeness (QED) is 0.808. The van der Waals surface area contributed by atoms with E-state index in [1.807, 2.05) is 20.8 Å². The zero-order valence-corrected chi connectivity index (χ0v) is 8.81. The molecular formula is C8H13N3OS. The van der Waals surface area contributed by atoms with Gasteiger partial charge in [0.1, 0.15) is 5.01 Å². The van der Waals surface area contributed by atoms with E-state index in [2.05, 4.69) is 15.5 Å². The molecule has 0 spiro atoms. The van der Waals surface area contributed by atoms with Gasteiger partial charge in [0.05, 0.1) is 0 Å². The molecule has 0 aliphatic heterocycles. The van der Waals surface area contributed by atoms with Crippen molar-refractivity contribution in [1.82, 2.24) is 10.2 Å². The van der Waals surface area contributed by atoms with Gasteiger partial charge in [0.25, 0.3) is 0 Å². The van der Waals surface area contributed by atoms with Crippen molar-refractivity contribution in [3.8, 4) is 0 Å². The van der Waals surface area contributed by atoms with Gasteiger partial charge in [0.15, 0.2) is 0 Å². The molecule has 1 aromatic heterocycles. The second-order valence-corrected chi connectivity index (χ2v) is 4.11. The van der Waals surface area contributed by atoms with E-state index in [0.717, 1.165) is 11.4 Å². The van der Waals surface area contributed by atoms with Crippen LogP contribution in [0.2, 0.25) is 0 Å². The van der Waals surface area contributed by atoms with Crippen LogP contribution in [-0.2, 0) is 4.79 Å². The number of nitrogens with zero attached hydrogens (tertiary/aromatic N) is 2. The summed E-state index contributed by atoms with van der Waals surface area (Å²) in [5.41, 5.74) is 0. The summed E-state index contributed by atoms with van der Waals surface area (Å²) in [6, 6.07) is 0. The first-order valence-corrected chi connectivity index (χ1v) is 5.06. The Labute approximate surface area is 81.4 Å². The summed E-state index contributed by atoms with van der Waals surface area (Å²) in [6.45, 7) is 5.73. The Hall–Kier alpha value is -0.970. The molecule has 0 bridgehead atoms. The Balaban J connectivity index is 2.54. The number of hydrogen-bond acceptors (Lipinski definition) is 4. The smallest absolute Gasteiger partial charge is 0.229 e. The van der Waals surface area contributed by atoms with Crippen molar-refractivity contribution in [1.29, 1.82) is 0 Å². The fraction of sp³-hybridized carbons (Fsp3) is 0.625. The van der Waals surface area contributed by atoms with Gasteiger partial charge in [-0.25, -0.2) is 0 Å². The number of carbonyl (C=O) groups is 1. The molecule has 72 valence electrons. The zero-order chi connectivity index (χ0) is 9.84. The highest BCUT2D eigenvalue weighted by Gasteiger charge is 2.12. The van der Waals surface area contributed by atoms with Gasteiger partial charge in [-0.2, -0.15) is 0 Å². The highest BCUT2D eigenvalue weighted by atomic mass is 32.1. The molecule has 0 saturated carbocycles. The third-order valence-corrected chi connectivity index (χ3v) is 2.57. The van der Waals surface area contributed by atoms with E-state index in [4.69, 9.17) is 0 Å². The van der Waals surface area contributed by atoms with Crippen LogP contribution < -0.4 is 5.32 Å². The molecule has 1 amide bonds. The number of aryl methyl sites for hydroxylation is 1. The lowest BCUT2D eigenvalue weighted by Gasteiger charge is -2.05. The molecule has 5 heteroatoms.